The van der Waals surface area contributed by atoms with Crippen molar-refractivity contribution in [1.82, 2.24) is 14.9 Å². The molecule has 0 saturated carbocycles. The summed E-state index contributed by atoms with van der Waals surface area (Å²) in [5, 5.41) is 0. The Kier molecular flexibility index (Phi) is 3.64. The Bertz CT molecular complexity index is 489. The number of aromatic amines is 1. The predicted molar refractivity (Wildman–Crippen MR) is 72.0 cm³/mol. The van der Waals surface area contributed by atoms with E-state index in [4.69, 9.17) is 5.73 Å². The summed E-state index contributed by atoms with van der Waals surface area (Å²) < 4.78 is 0. The van der Waals surface area contributed by atoms with Crippen LogP contribution in [-0.4, -0.2) is 35.0 Å². The van der Waals surface area contributed by atoms with Crippen LogP contribution in [-0.2, 0) is 6.42 Å². The van der Waals surface area contributed by atoms with Crippen molar-refractivity contribution in [2.75, 3.05) is 25.9 Å². The maximum atomic E-state index is 5.74. The van der Waals surface area contributed by atoms with Crippen LogP contribution in [0.15, 0.2) is 18.2 Å². The topological polar surface area (TPSA) is 57.9 Å². The highest BCUT2D eigenvalue weighted by Crippen LogP contribution is 2.15. The Morgan fingerprint density at radius 1 is 1.35 bits per heavy atom. The number of imidazole rings is 1. The molecule has 4 heteroatoms. The fourth-order valence-corrected chi connectivity index (χ4v) is 1.99. The molecule has 0 bridgehead atoms. The average molecular weight is 232 g/mol. The van der Waals surface area contributed by atoms with Crippen LogP contribution >= 0.6 is 0 Å². The standard InChI is InChI=1S/C13H20N4/c1-3-7-17(2)8-6-13-15-11-5-4-10(14)9-12(11)16-13/h4-5,9H,3,6-8,14H2,1-2H3,(H,15,16). The predicted octanol–water partition coefficient (Wildman–Crippen LogP) is 2.03. The fourth-order valence-electron chi connectivity index (χ4n) is 1.99. The summed E-state index contributed by atoms with van der Waals surface area (Å²) in [5.74, 6) is 1.04. The fraction of sp³-hybridized carbons (Fsp3) is 0.462. The first-order valence-electron chi connectivity index (χ1n) is 6.11. The lowest BCUT2D eigenvalue weighted by atomic mass is 10.3. The highest BCUT2D eigenvalue weighted by atomic mass is 15.1. The Hall–Kier alpha value is -1.55. The minimum absolute atomic E-state index is 0.774. The lowest BCUT2D eigenvalue weighted by Crippen LogP contribution is -2.22. The number of likely N-dealkylation sites (N-methyl/N-ethyl adjacent to an activating group) is 1. The van der Waals surface area contributed by atoms with Crippen LogP contribution in [0.25, 0.3) is 11.0 Å². The van der Waals surface area contributed by atoms with Gasteiger partial charge in [0.25, 0.3) is 0 Å². The van der Waals surface area contributed by atoms with Crippen molar-refractivity contribution in [1.29, 1.82) is 0 Å². The van der Waals surface area contributed by atoms with Gasteiger partial charge in [0.15, 0.2) is 0 Å². The molecule has 1 heterocycles. The second-order valence-corrected chi connectivity index (χ2v) is 4.51. The van der Waals surface area contributed by atoms with Crippen molar-refractivity contribution in [3.05, 3.63) is 24.0 Å². The van der Waals surface area contributed by atoms with E-state index in [2.05, 4.69) is 28.8 Å². The quantitative estimate of drug-likeness (QED) is 0.775. The number of aromatic nitrogens is 2. The molecule has 0 aliphatic carbocycles. The third-order valence-corrected chi connectivity index (χ3v) is 2.89. The molecule has 0 unspecified atom stereocenters. The van der Waals surface area contributed by atoms with E-state index in [9.17, 15) is 0 Å². The van der Waals surface area contributed by atoms with Crippen molar-refractivity contribution in [3.63, 3.8) is 0 Å². The van der Waals surface area contributed by atoms with Crippen LogP contribution in [0.4, 0.5) is 5.69 Å². The third kappa shape index (κ3) is 2.97. The molecule has 2 aromatic rings. The molecular formula is C13H20N4. The molecule has 0 amide bonds. The van der Waals surface area contributed by atoms with Gasteiger partial charge in [0, 0.05) is 18.7 Å². The first-order valence-corrected chi connectivity index (χ1v) is 6.11. The van der Waals surface area contributed by atoms with Gasteiger partial charge in [-0.05, 0) is 38.2 Å². The van der Waals surface area contributed by atoms with Crippen LogP contribution in [0.1, 0.15) is 19.2 Å². The normalized spacial score (nSPS) is 11.5. The molecule has 1 aromatic heterocycles. The van der Waals surface area contributed by atoms with Crippen LogP contribution in [0.5, 0.6) is 0 Å². The maximum absolute atomic E-state index is 5.74. The van der Waals surface area contributed by atoms with Crippen LogP contribution < -0.4 is 5.73 Å². The van der Waals surface area contributed by atoms with E-state index in [1.165, 1.54) is 6.42 Å². The van der Waals surface area contributed by atoms with E-state index in [1.54, 1.807) is 0 Å². The minimum Gasteiger partial charge on any atom is -0.399 e. The van der Waals surface area contributed by atoms with Crippen molar-refractivity contribution >= 4 is 16.7 Å². The SMILES string of the molecule is CCCN(C)CCc1nc2ccc(N)cc2[nH]1. The monoisotopic (exact) mass is 232 g/mol. The number of nitrogens with one attached hydrogen (secondary N) is 1. The van der Waals surface area contributed by atoms with Crippen LogP contribution in [0.3, 0.4) is 0 Å². The number of fused-ring (bicyclic) bond motifs is 1. The van der Waals surface area contributed by atoms with E-state index < -0.39 is 0 Å². The van der Waals surface area contributed by atoms with Gasteiger partial charge in [-0.15, -0.1) is 0 Å². The van der Waals surface area contributed by atoms with E-state index in [-0.39, 0.29) is 0 Å². The Morgan fingerprint density at radius 3 is 2.94 bits per heavy atom. The van der Waals surface area contributed by atoms with Gasteiger partial charge in [0.1, 0.15) is 5.82 Å². The number of rotatable bonds is 5. The number of anilines is 1. The highest BCUT2D eigenvalue weighted by Gasteiger charge is 2.04. The summed E-state index contributed by atoms with van der Waals surface area (Å²) in [5.41, 5.74) is 8.53. The molecule has 0 aliphatic heterocycles. The smallest absolute Gasteiger partial charge is 0.108 e. The van der Waals surface area contributed by atoms with Gasteiger partial charge in [-0.3, -0.25) is 0 Å². The van der Waals surface area contributed by atoms with E-state index >= 15 is 0 Å². The summed E-state index contributed by atoms with van der Waals surface area (Å²) in [4.78, 5) is 10.2. The number of H-pyrrole nitrogens is 1. The summed E-state index contributed by atoms with van der Waals surface area (Å²) in [6.07, 6.45) is 2.14. The number of hydrogen-bond donors (Lipinski definition) is 2. The molecule has 4 nitrogen and oxygen atoms in total. The summed E-state index contributed by atoms with van der Waals surface area (Å²) in [6.45, 7) is 4.36. The number of hydrogen-bond acceptors (Lipinski definition) is 3. The molecule has 0 radical (unpaired) electrons. The molecule has 17 heavy (non-hydrogen) atoms. The molecule has 0 spiro atoms. The van der Waals surface area contributed by atoms with Gasteiger partial charge in [0.05, 0.1) is 11.0 Å². The first kappa shape index (κ1) is 11.9. The van der Waals surface area contributed by atoms with Gasteiger partial charge in [0.2, 0.25) is 0 Å². The summed E-state index contributed by atoms with van der Waals surface area (Å²) in [6, 6.07) is 5.78. The zero-order valence-corrected chi connectivity index (χ0v) is 10.5. The lowest BCUT2D eigenvalue weighted by molar-refractivity contribution is 0.337. The van der Waals surface area contributed by atoms with Gasteiger partial charge < -0.3 is 15.6 Å². The third-order valence-electron chi connectivity index (χ3n) is 2.89. The lowest BCUT2D eigenvalue weighted by Gasteiger charge is -2.13. The maximum Gasteiger partial charge on any atom is 0.108 e. The second-order valence-electron chi connectivity index (χ2n) is 4.51. The van der Waals surface area contributed by atoms with Gasteiger partial charge in [-0.2, -0.15) is 0 Å². The highest BCUT2D eigenvalue weighted by molar-refractivity contribution is 5.78. The van der Waals surface area contributed by atoms with Crippen molar-refractivity contribution in [3.8, 4) is 0 Å². The number of nitrogens with zero attached hydrogens (tertiary/aromatic N) is 2. The second kappa shape index (κ2) is 5.19. The Balaban J connectivity index is 2.04. The molecule has 3 N–H and O–H groups in total. The molecular weight excluding hydrogens is 212 g/mol. The molecule has 1 aromatic carbocycles. The van der Waals surface area contributed by atoms with Crippen LogP contribution in [0.2, 0.25) is 0 Å². The van der Waals surface area contributed by atoms with Crippen molar-refractivity contribution < 1.29 is 0 Å². The molecule has 0 fully saturated rings. The number of nitrogen functional groups attached to an aromatic ring is 1. The van der Waals surface area contributed by atoms with E-state index in [0.717, 1.165) is 42.1 Å². The summed E-state index contributed by atoms with van der Waals surface area (Å²) >= 11 is 0. The zero-order chi connectivity index (χ0) is 12.3. The van der Waals surface area contributed by atoms with Crippen molar-refractivity contribution in [2.45, 2.75) is 19.8 Å². The zero-order valence-electron chi connectivity index (χ0n) is 10.5. The van der Waals surface area contributed by atoms with Gasteiger partial charge in [-0.1, -0.05) is 6.92 Å². The van der Waals surface area contributed by atoms with Gasteiger partial charge >= 0.3 is 0 Å². The molecule has 0 aliphatic rings. The van der Waals surface area contributed by atoms with Crippen molar-refractivity contribution in [2.24, 2.45) is 0 Å². The first-order chi connectivity index (χ1) is 8.19. The minimum atomic E-state index is 0.774. The number of benzene rings is 1. The Morgan fingerprint density at radius 2 is 2.18 bits per heavy atom. The van der Waals surface area contributed by atoms with Gasteiger partial charge in [-0.25, -0.2) is 4.98 Å². The molecule has 0 atom stereocenters. The molecule has 2 rings (SSSR count). The van der Waals surface area contributed by atoms with E-state index in [0.29, 0.717) is 0 Å². The van der Waals surface area contributed by atoms with E-state index in [1.807, 2.05) is 18.2 Å². The molecule has 92 valence electrons. The largest absolute Gasteiger partial charge is 0.399 e. The number of nitrogens with two attached hydrogens (primary N) is 1. The Labute approximate surface area is 102 Å². The summed E-state index contributed by atoms with van der Waals surface area (Å²) in [7, 11) is 2.14. The van der Waals surface area contributed by atoms with Crippen LogP contribution in [0, 0.1) is 0 Å². The molecule has 0 saturated heterocycles. The average Bonchev–Trinajstić information content (AvgIpc) is 2.68.